The minimum atomic E-state index is -0.384. The van der Waals surface area contributed by atoms with Crippen LogP contribution in [0, 0.1) is 6.92 Å². The molecular weight excluding hydrogens is 263 g/mol. The van der Waals surface area contributed by atoms with Gasteiger partial charge in [0.05, 0.1) is 10.6 Å². The minimum absolute atomic E-state index is 0.206. The molecule has 0 aliphatic carbocycles. The van der Waals surface area contributed by atoms with Gasteiger partial charge < -0.3 is 5.32 Å². The maximum Gasteiger partial charge on any atom is 0.258 e. The van der Waals surface area contributed by atoms with Crippen LogP contribution in [0.1, 0.15) is 16.1 Å². The second-order valence-electron chi connectivity index (χ2n) is 3.38. The number of hydrogen-bond donors (Lipinski definition) is 2. The number of anilines is 1. The van der Waals surface area contributed by atoms with Crippen molar-refractivity contribution >= 4 is 34.9 Å². The number of rotatable bonds is 2. The molecule has 0 atom stereocenters. The van der Waals surface area contributed by atoms with Gasteiger partial charge >= 0.3 is 0 Å². The highest BCUT2D eigenvalue weighted by atomic mass is 35.5. The summed E-state index contributed by atoms with van der Waals surface area (Å²) in [6.45, 7) is 1.83. The van der Waals surface area contributed by atoms with E-state index in [1.54, 1.807) is 6.07 Å². The summed E-state index contributed by atoms with van der Waals surface area (Å²) < 4.78 is 0. The van der Waals surface area contributed by atoms with Crippen LogP contribution >= 0.6 is 23.2 Å². The van der Waals surface area contributed by atoms with Crippen LogP contribution in [0.15, 0.2) is 18.3 Å². The molecule has 0 radical (unpaired) electrons. The van der Waals surface area contributed by atoms with Crippen molar-refractivity contribution in [3.05, 3.63) is 39.8 Å². The molecule has 2 rings (SSSR count). The van der Waals surface area contributed by atoms with E-state index in [1.165, 1.54) is 12.3 Å². The van der Waals surface area contributed by atoms with Crippen LogP contribution in [0.5, 0.6) is 0 Å². The normalized spacial score (nSPS) is 10.3. The van der Waals surface area contributed by atoms with Gasteiger partial charge in [0.25, 0.3) is 5.91 Å². The number of carbonyl (C=O) groups is 1. The fourth-order valence-corrected chi connectivity index (χ4v) is 1.60. The summed E-state index contributed by atoms with van der Waals surface area (Å²) in [4.78, 5) is 15.6. The lowest BCUT2D eigenvalue weighted by molar-refractivity contribution is 0.102. The first-order chi connectivity index (χ1) is 8.06. The third-order valence-corrected chi connectivity index (χ3v) is 2.52. The van der Waals surface area contributed by atoms with E-state index in [-0.39, 0.29) is 21.6 Å². The first kappa shape index (κ1) is 11.9. The van der Waals surface area contributed by atoms with Crippen LogP contribution in [0.4, 0.5) is 5.82 Å². The van der Waals surface area contributed by atoms with Crippen LogP contribution < -0.4 is 5.32 Å². The highest BCUT2D eigenvalue weighted by molar-refractivity contribution is 6.35. The van der Waals surface area contributed by atoms with E-state index in [2.05, 4.69) is 20.5 Å². The van der Waals surface area contributed by atoms with Gasteiger partial charge in [-0.15, -0.1) is 0 Å². The standard InChI is InChI=1S/C10H8Cl2N4O/c1-5-2-9(16-15-5)14-10(17)6-3-8(12)13-4-7(6)11/h2-4H,1H3,(H2,14,15,16,17). The van der Waals surface area contributed by atoms with E-state index >= 15 is 0 Å². The predicted molar refractivity (Wildman–Crippen MR) is 65.5 cm³/mol. The van der Waals surface area contributed by atoms with Gasteiger partial charge in [-0.2, -0.15) is 5.10 Å². The second kappa shape index (κ2) is 4.73. The fraction of sp³-hybridized carbons (Fsp3) is 0.100. The summed E-state index contributed by atoms with van der Waals surface area (Å²) in [5.74, 6) is 0.0438. The number of pyridine rings is 1. The Bertz CT molecular complexity index is 567. The monoisotopic (exact) mass is 270 g/mol. The summed E-state index contributed by atoms with van der Waals surface area (Å²) in [6, 6.07) is 3.10. The lowest BCUT2D eigenvalue weighted by Crippen LogP contribution is -2.13. The van der Waals surface area contributed by atoms with Gasteiger partial charge in [-0.05, 0) is 13.0 Å². The van der Waals surface area contributed by atoms with Crippen LogP contribution in [-0.4, -0.2) is 21.1 Å². The summed E-state index contributed by atoms with van der Waals surface area (Å²) in [7, 11) is 0. The van der Waals surface area contributed by atoms with Crippen molar-refractivity contribution in [1.29, 1.82) is 0 Å². The molecule has 7 heteroatoms. The van der Waals surface area contributed by atoms with Gasteiger partial charge in [-0.25, -0.2) is 4.98 Å². The highest BCUT2D eigenvalue weighted by Gasteiger charge is 2.12. The molecule has 2 aromatic rings. The SMILES string of the molecule is Cc1cc(NC(=O)c2cc(Cl)ncc2Cl)n[nH]1. The van der Waals surface area contributed by atoms with Crippen LogP contribution in [-0.2, 0) is 0 Å². The number of aryl methyl sites for hydroxylation is 1. The Hall–Kier alpha value is -1.59. The lowest BCUT2D eigenvalue weighted by Gasteiger charge is -2.03. The van der Waals surface area contributed by atoms with Crippen LogP contribution in [0.2, 0.25) is 10.2 Å². The van der Waals surface area contributed by atoms with Crippen LogP contribution in [0.25, 0.3) is 0 Å². The van der Waals surface area contributed by atoms with E-state index in [0.717, 1.165) is 5.69 Å². The first-order valence-electron chi connectivity index (χ1n) is 4.70. The minimum Gasteiger partial charge on any atom is -0.305 e. The van der Waals surface area contributed by atoms with Crippen molar-refractivity contribution < 1.29 is 4.79 Å². The second-order valence-corrected chi connectivity index (χ2v) is 4.17. The molecule has 0 aliphatic heterocycles. The van der Waals surface area contributed by atoms with E-state index in [4.69, 9.17) is 23.2 Å². The molecule has 0 fully saturated rings. The number of nitrogens with zero attached hydrogens (tertiary/aromatic N) is 2. The average molecular weight is 271 g/mol. The Morgan fingerprint density at radius 1 is 1.41 bits per heavy atom. The van der Waals surface area contributed by atoms with Crippen molar-refractivity contribution in [3.8, 4) is 0 Å². The van der Waals surface area contributed by atoms with Crippen molar-refractivity contribution in [2.75, 3.05) is 5.32 Å². The number of hydrogen-bond acceptors (Lipinski definition) is 3. The van der Waals surface area contributed by atoms with Gasteiger partial charge in [0.15, 0.2) is 5.82 Å². The molecule has 2 N–H and O–H groups in total. The fourth-order valence-electron chi connectivity index (χ4n) is 1.25. The maximum atomic E-state index is 11.9. The Kier molecular flexibility index (Phi) is 3.31. The molecule has 2 aromatic heterocycles. The Labute approximate surface area is 107 Å². The number of aromatic amines is 1. The van der Waals surface area contributed by atoms with Gasteiger partial charge in [0.2, 0.25) is 0 Å². The van der Waals surface area contributed by atoms with E-state index < -0.39 is 0 Å². The third-order valence-electron chi connectivity index (χ3n) is 2.01. The zero-order valence-corrected chi connectivity index (χ0v) is 10.3. The molecule has 88 valence electrons. The Balaban J connectivity index is 2.22. The number of carbonyl (C=O) groups excluding carboxylic acids is 1. The van der Waals surface area contributed by atoms with Crippen molar-refractivity contribution in [1.82, 2.24) is 15.2 Å². The molecule has 0 unspecified atom stereocenters. The van der Waals surface area contributed by atoms with Crippen molar-refractivity contribution in [2.24, 2.45) is 0 Å². The number of H-pyrrole nitrogens is 1. The molecule has 17 heavy (non-hydrogen) atoms. The van der Waals surface area contributed by atoms with Crippen molar-refractivity contribution in [3.63, 3.8) is 0 Å². The zero-order valence-electron chi connectivity index (χ0n) is 8.79. The molecule has 0 bridgehead atoms. The molecular formula is C10H8Cl2N4O. The van der Waals surface area contributed by atoms with Gasteiger partial charge in [-0.1, -0.05) is 23.2 Å². The summed E-state index contributed by atoms with van der Waals surface area (Å²) in [5.41, 5.74) is 1.10. The number of nitrogens with one attached hydrogen (secondary N) is 2. The van der Waals surface area contributed by atoms with E-state index in [9.17, 15) is 4.79 Å². The lowest BCUT2D eigenvalue weighted by atomic mass is 10.2. The third kappa shape index (κ3) is 2.75. The molecule has 0 saturated heterocycles. The smallest absolute Gasteiger partial charge is 0.258 e. The van der Waals surface area contributed by atoms with Crippen LogP contribution in [0.3, 0.4) is 0 Å². The van der Waals surface area contributed by atoms with Gasteiger partial charge in [0, 0.05) is 18.0 Å². The first-order valence-corrected chi connectivity index (χ1v) is 5.46. The maximum absolute atomic E-state index is 11.9. The Morgan fingerprint density at radius 2 is 2.18 bits per heavy atom. The molecule has 1 amide bonds. The van der Waals surface area contributed by atoms with Gasteiger partial charge in [0.1, 0.15) is 5.15 Å². The quantitative estimate of drug-likeness (QED) is 0.825. The van der Waals surface area contributed by atoms with E-state index in [0.29, 0.717) is 5.82 Å². The Morgan fingerprint density at radius 3 is 2.82 bits per heavy atom. The molecule has 2 heterocycles. The number of aromatic nitrogens is 3. The van der Waals surface area contributed by atoms with Gasteiger partial charge in [-0.3, -0.25) is 9.89 Å². The number of halogens is 2. The van der Waals surface area contributed by atoms with E-state index in [1.807, 2.05) is 6.92 Å². The molecule has 0 spiro atoms. The number of amides is 1. The highest BCUT2D eigenvalue weighted by Crippen LogP contribution is 2.19. The molecule has 5 nitrogen and oxygen atoms in total. The average Bonchev–Trinajstić information content (AvgIpc) is 2.67. The summed E-state index contributed by atoms with van der Waals surface area (Å²) >= 11 is 11.5. The summed E-state index contributed by atoms with van der Waals surface area (Å²) in [6.07, 6.45) is 1.33. The largest absolute Gasteiger partial charge is 0.305 e. The predicted octanol–water partition coefficient (Wildman–Crippen LogP) is 2.67. The zero-order chi connectivity index (χ0) is 12.4. The topological polar surface area (TPSA) is 70.7 Å². The molecule has 0 saturated carbocycles. The van der Waals surface area contributed by atoms with Crippen molar-refractivity contribution in [2.45, 2.75) is 6.92 Å². The molecule has 0 aromatic carbocycles. The summed E-state index contributed by atoms with van der Waals surface area (Å²) in [5, 5.41) is 9.64. The molecule has 0 aliphatic rings.